The summed E-state index contributed by atoms with van der Waals surface area (Å²) in [5, 5.41) is 20.4. The van der Waals surface area contributed by atoms with E-state index in [-0.39, 0.29) is 6.10 Å². The first kappa shape index (κ1) is 20.5. The van der Waals surface area contributed by atoms with E-state index in [9.17, 15) is 10.2 Å². The van der Waals surface area contributed by atoms with Gasteiger partial charge in [0, 0.05) is 6.42 Å². The molecule has 3 nitrogen and oxygen atoms in total. The Labute approximate surface area is 154 Å². The second-order valence-corrected chi connectivity index (χ2v) is 8.47. The van der Waals surface area contributed by atoms with E-state index >= 15 is 0 Å². The van der Waals surface area contributed by atoms with E-state index in [1.165, 1.54) is 38.6 Å². The Bertz CT molecular complexity index is 455. The molecule has 0 heterocycles. The summed E-state index contributed by atoms with van der Waals surface area (Å²) in [6.45, 7) is 3.33. The first-order valence-electron chi connectivity index (χ1n) is 10.4. The number of hydrogen-bond donors (Lipinski definition) is 2. The van der Waals surface area contributed by atoms with Crippen LogP contribution in [0.3, 0.4) is 0 Å². The molecule has 0 bridgehead atoms. The van der Waals surface area contributed by atoms with Gasteiger partial charge in [-0.25, -0.2) is 0 Å². The zero-order valence-corrected chi connectivity index (χ0v) is 16.6. The van der Waals surface area contributed by atoms with E-state index in [0.717, 1.165) is 32.1 Å². The van der Waals surface area contributed by atoms with Gasteiger partial charge in [0.25, 0.3) is 0 Å². The molecule has 0 spiro atoms. The lowest BCUT2D eigenvalue weighted by Gasteiger charge is -2.20. The van der Waals surface area contributed by atoms with Crippen LogP contribution in [-0.4, -0.2) is 41.9 Å². The minimum Gasteiger partial charge on any atom is -0.513 e. The zero-order valence-electron chi connectivity index (χ0n) is 16.6. The van der Waals surface area contributed by atoms with Gasteiger partial charge < -0.3 is 15.1 Å². The Morgan fingerprint density at radius 2 is 2.04 bits per heavy atom. The first-order chi connectivity index (χ1) is 12.0. The maximum atomic E-state index is 10.4. The molecule has 2 N–H and O–H groups in total. The van der Waals surface area contributed by atoms with Gasteiger partial charge in [0.1, 0.15) is 0 Å². The van der Waals surface area contributed by atoms with Crippen LogP contribution in [0.1, 0.15) is 71.1 Å². The lowest BCUT2D eigenvalue weighted by molar-refractivity contribution is 0.118. The molecule has 2 aliphatic carbocycles. The molecule has 0 aromatic rings. The number of aliphatic hydroxyl groups excluding tert-OH is 2. The highest BCUT2D eigenvalue weighted by molar-refractivity contribution is 5.19. The quantitative estimate of drug-likeness (QED) is 0.311. The minimum absolute atomic E-state index is 0.192. The summed E-state index contributed by atoms with van der Waals surface area (Å²) in [7, 11) is 4.28. The summed E-state index contributed by atoms with van der Waals surface area (Å²) < 4.78 is 0. The normalized spacial score (nSPS) is 29.3. The molecule has 2 aliphatic rings. The molecule has 0 unspecified atom stereocenters. The highest BCUT2D eigenvalue weighted by Crippen LogP contribution is 2.49. The average Bonchev–Trinajstić information content (AvgIpc) is 3.07. The van der Waals surface area contributed by atoms with Crippen molar-refractivity contribution in [2.24, 2.45) is 17.8 Å². The van der Waals surface area contributed by atoms with Gasteiger partial charge in [-0.05, 0) is 89.4 Å². The van der Waals surface area contributed by atoms with Crippen LogP contribution >= 0.6 is 0 Å². The Kier molecular flexibility index (Phi) is 8.51. The third-order valence-corrected chi connectivity index (χ3v) is 6.07. The van der Waals surface area contributed by atoms with Crippen molar-refractivity contribution in [3.8, 4) is 0 Å². The van der Waals surface area contributed by atoms with Gasteiger partial charge in [-0.3, -0.25) is 0 Å². The first-order valence-corrected chi connectivity index (χ1v) is 10.4. The molecule has 4 atom stereocenters. The van der Waals surface area contributed by atoms with Crippen molar-refractivity contribution >= 4 is 0 Å². The number of nitrogens with zero attached hydrogens (tertiary/aromatic N) is 1. The van der Waals surface area contributed by atoms with Crippen LogP contribution in [0, 0.1) is 17.8 Å². The fraction of sp³-hybridized carbons (Fsp3) is 0.818. The number of fused-ring (bicyclic) bond motifs is 1. The van der Waals surface area contributed by atoms with Gasteiger partial charge in [0.15, 0.2) is 0 Å². The molecular formula is C22H39NO2. The van der Waals surface area contributed by atoms with Crippen molar-refractivity contribution in [3.63, 3.8) is 0 Å². The molecule has 1 fully saturated rings. The van der Waals surface area contributed by atoms with Gasteiger partial charge in [0.05, 0.1) is 11.9 Å². The summed E-state index contributed by atoms with van der Waals surface area (Å²) >= 11 is 0. The van der Waals surface area contributed by atoms with Gasteiger partial charge in [-0.15, -0.1) is 0 Å². The van der Waals surface area contributed by atoms with Crippen molar-refractivity contribution in [1.29, 1.82) is 0 Å². The SMILES string of the molecule is CCCCC(O)=CC[C@@H]1[C@H]2CC(CCCCCN(C)C)=C[C@H]2C[C@H]1O. The third-order valence-electron chi connectivity index (χ3n) is 6.07. The highest BCUT2D eigenvalue weighted by atomic mass is 16.3. The zero-order chi connectivity index (χ0) is 18.2. The van der Waals surface area contributed by atoms with Crippen LogP contribution in [-0.2, 0) is 0 Å². The fourth-order valence-corrected chi connectivity index (χ4v) is 4.61. The van der Waals surface area contributed by atoms with Gasteiger partial charge >= 0.3 is 0 Å². The summed E-state index contributed by atoms with van der Waals surface area (Å²) in [5.41, 5.74) is 1.62. The third kappa shape index (κ3) is 6.45. The summed E-state index contributed by atoms with van der Waals surface area (Å²) in [6.07, 6.45) is 15.2. The van der Waals surface area contributed by atoms with E-state index in [0.29, 0.717) is 23.5 Å². The topological polar surface area (TPSA) is 43.7 Å². The van der Waals surface area contributed by atoms with E-state index < -0.39 is 0 Å². The van der Waals surface area contributed by atoms with Crippen molar-refractivity contribution in [1.82, 2.24) is 4.90 Å². The maximum Gasteiger partial charge on any atom is 0.0882 e. The van der Waals surface area contributed by atoms with Crippen LogP contribution in [0.2, 0.25) is 0 Å². The fourth-order valence-electron chi connectivity index (χ4n) is 4.61. The lowest BCUT2D eigenvalue weighted by Crippen LogP contribution is -2.19. The molecule has 25 heavy (non-hydrogen) atoms. The largest absolute Gasteiger partial charge is 0.513 e. The smallest absolute Gasteiger partial charge is 0.0882 e. The van der Waals surface area contributed by atoms with Crippen LogP contribution in [0.4, 0.5) is 0 Å². The van der Waals surface area contributed by atoms with Crippen LogP contribution in [0.15, 0.2) is 23.5 Å². The molecule has 2 rings (SSSR count). The lowest BCUT2D eigenvalue weighted by atomic mass is 9.86. The maximum absolute atomic E-state index is 10.4. The molecule has 3 heteroatoms. The highest BCUT2D eigenvalue weighted by Gasteiger charge is 2.43. The molecule has 0 saturated heterocycles. The molecule has 0 aliphatic heterocycles. The van der Waals surface area contributed by atoms with Gasteiger partial charge in [0.2, 0.25) is 0 Å². The van der Waals surface area contributed by atoms with Crippen molar-refractivity contribution in [2.75, 3.05) is 20.6 Å². The Balaban J connectivity index is 1.75. The predicted octanol–water partition coefficient (Wildman–Crippen LogP) is 5.07. The molecule has 0 amide bonds. The summed E-state index contributed by atoms with van der Waals surface area (Å²) in [6, 6.07) is 0. The number of aliphatic hydroxyl groups is 2. The number of rotatable bonds is 11. The number of allylic oxidation sites excluding steroid dienone is 4. The summed E-state index contributed by atoms with van der Waals surface area (Å²) in [5.74, 6) is 2.02. The van der Waals surface area contributed by atoms with Crippen molar-refractivity contribution in [3.05, 3.63) is 23.5 Å². The molecule has 0 radical (unpaired) electrons. The minimum atomic E-state index is -0.192. The monoisotopic (exact) mass is 349 g/mol. The van der Waals surface area contributed by atoms with E-state index in [4.69, 9.17) is 0 Å². The van der Waals surface area contributed by atoms with Crippen molar-refractivity contribution < 1.29 is 10.2 Å². The van der Waals surface area contributed by atoms with E-state index in [1.807, 2.05) is 6.08 Å². The molecular weight excluding hydrogens is 310 g/mol. The molecule has 144 valence electrons. The second-order valence-electron chi connectivity index (χ2n) is 8.47. The van der Waals surface area contributed by atoms with Crippen molar-refractivity contribution in [2.45, 2.75) is 77.2 Å². The van der Waals surface area contributed by atoms with Crippen LogP contribution in [0.5, 0.6) is 0 Å². The Hall–Kier alpha value is -0.800. The molecule has 1 saturated carbocycles. The van der Waals surface area contributed by atoms with Gasteiger partial charge in [-0.2, -0.15) is 0 Å². The van der Waals surface area contributed by atoms with Gasteiger partial charge in [-0.1, -0.05) is 31.4 Å². The number of hydrogen-bond acceptors (Lipinski definition) is 3. The number of unbranched alkanes of at least 4 members (excludes halogenated alkanes) is 3. The standard InChI is InChI=1S/C22H39NO2/c1-4-5-10-19(24)11-12-20-21-15-17(14-18(21)16-22(20)25)9-7-6-8-13-23(2)3/h11,14,18,20-22,24-25H,4-10,12-13,15-16H2,1-3H3/t18-,20+,21-,22+/m0/s1. The van der Waals surface area contributed by atoms with E-state index in [2.05, 4.69) is 32.0 Å². The molecule has 0 aromatic heterocycles. The average molecular weight is 350 g/mol. The van der Waals surface area contributed by atoms with Crippen LogP contribution in [0.25, 0.3) is 0 Å². The van der Waals surface area contributed by atoms with Crippen LogP contribution < -0.4 is 0 Å². The Morgan fingerprint density at radius 3 is 2.76 bits per heavy atom. The molecule has 0 aromatic carbocycles. The second kappa shape index (κ2) is 10.4. The predicted molar refractivity (Wildman–Crippen MR) is 106 cm³/mol. The van der Waals surface area contributed by atoms with E-state index in [1.54, 1.807) is 5.57 Å². The summed E-state index contributed by atoms with van der Waals surface area (Å²) in [4.78, 5) is 2.26. The Morgan fingerprint density at radius 1 is 1.24 bits per heavy atom.